The van der Waals surface area contributed by atoms with E-state index in [0.717, 1.165) is 47.7 Å². The summed E-state index contributed by atoms with van der Waals surface area (Å²) in [6.07, 6.45) is 6.21. The van der Waals surface area contributed by atoms with Crippen LogP contribution in [0.3, 0.4) is 0 Å². The number of imidazole rings is 1. The van der Waals surface area contributed by atoms with Crippen LogP contribution in [0.5, 0.6) is 0 Å². The van der Waals surface area contributed by atoms with Gasteiger partial charge in [0.2, 0.25) is 0 Å². The van der Waals surface area contributed by atoms with Crippen molar-refractivity contribution < 1.29 is 4.79 Å². The number of aryl methyl sites for hydroxylation is 1. The van der Waals surface area contributed by atoms with E-state index < -0.39 is 0 Å². The van der Waals surface area contributed by atoms with Crippen LogP contribution in [0.2, 0.25) is 0 Å². The summed E-state index contributed by atoms with van der Waals surface area (Å²) in [6.45, 7) is 2.80. The monoisotopic (exact) mass is 310 g/mol. The van der Waals surface area contributed by atoms with Crippen LogP contribution in [0.15, 0.2) is 30.6 Å². The lowest BCUT2D eigenvalue weighted by Crippen LogP contribution is -2.00. The number of hydrogen-bond donors (Lipinski definition) is 1. The Bertz CT molecular complexity index is 838. The first-order chi connectivity index (χ1) is 11.2. The number of Topliss-reactive ketones (excluding diaryl/α,β-unsaturated/α-hetero) is 1. The minimum atomic E-state index is 0.350. The molecular weight excluding hydrogens is 288 g/mol. The Hall–Kier alpha value is -2.43. The zero-order valence-electron chi connectivity index (χ0n) is 13.5. The summed E-state index contributed by atoms with van der Waals surface area (Å²) in [7, 11) is 0. The SMILES string of the molecule is CCC(=O)CCCCCn1cnc2c(N)nc3ccccc3c21. The van der Waals surface area contributed by atoms with E-state index >= 15 is 0 Å². The number of hydrogen-bond acceptors (Lipinski definition) is 4. The quantitative estimate of drug-likeness (QED) is 0.675. The lowest BCUT2D eigenvalue weighted by molar-refractivity contribution is -0.118. The number of nitrogens with zero attached hydrogens (tertiary/aromatic N) is 3. The van der Waals surface area contributed by atoms with Gasteiger partial charge in [-0.25, -0.2) is 9.97 Å². The predicted octanol–water partition coefficient (Wildman–Crippen LogP) is 3.71. The van der Waals surface area contributed by atoms with E-state index in [1.807, 2.05) is 31.5 Å². The molecule has 0 aliphatic carbocycles. The number of rotatable bonds is 7. The molecule has 0 spiro atoms. The number of nitrogen functional groups attached to an aromatic ring is 1. The average molecular weight is 310 g/mol. The summed E-state index contributed by atoms with van der Waals surface area (Å²) in [6, 6.07) is 8.00. The van der Waals surface area contributed by atoms with Gasteiger partial charge in [0.1, 0.15) is 11.3 Å². The summed E-state index contributed by atoms with van der Waals surface area (Å²) in [4.78, 5) is 20.2. The molecule has 0 unspecified atom stereocenters. The molecule has 5 heteroatoms. The topological polar surface area (TPSA) is 73.8 Å². The first kappa shape index (κ1) is 15.5. The van der Waals surface area contributed by atoms with Crippen molar-refractivity contribution in [2.75, 3.05) is 5.73 Å². The zero-order valence-corrected chi connectivity index (χ0v) is 13.5. The number of pyridine rings is 1. The highest BCUT2D eigenvalue weighted by molar-refractivity contribution is 6.06. The predicted molar refractivity (Wildman–Crippen MR) is 93.2 cm³/mol. The summed E-state index contributed by atoms with van der Waals surface area (Å²) >= 11 is 0. The van der Waals surface area contributed by atoms with Gasteiger partial charge in [0.05, 0.1) is 17.4 Å². The lowest BCUT2D eigenvalue weighted by atomic mass is 10.1. The van der Waals surface area contributed by atoms with E-state index in [1.54, 1.807) is 0 Å². The normalized spacial score (nSPS) is 11.3. The number of fused-ring (bicyclic) bond motifs is 3. The molecular formula is C18H22N4O. The van der Waals surface area contributed by atoms with Gasteiger partial charge in [0, 0.05) is 24.8 Å². The van der Waals surface area contributed by atoms with Crippen LogP contribution in [0.1, 0.15) is 39.0 Å². The molecule has 0 saturated heterocycles. The minimum Gasteiger partial charge on any atom is -0.382 e. The van der Waals surface area contributed by atoms with Crippen LogP contribution in [0.4, 0.5) is 5.82 Å². The number of ketones is 1. The second-order valence-electron chi connectivity index (χ2n) is 5.85. The second kappa shape index (κ2) is 6.77. The van der Waals surface area contributed by atoms with Gasteiger partial charge >= 0.3 is 0 Å². The molecule has 3 rings (SSSR count). The molecule has 120 valence electrons. The number of anilines is 1. The van der Waals surface area contributed by atoms with Crippen LogP contribution in [-0.2, 0) is 11.3 Å². The maximum absolute atomic E-state index is 11.3. The third-order valence-electron chi connectivity index (χ3n) is 4.23. The Morgan fingerprint density at radius 3 is 2.87 bits per heavy atom. The van der Waals surface area contributed by atoms with Crippen molar-refractivity contribution >= 4 is 33.5 Å². The molecule has 0 fully saturated rings. The van der Waals surface area contributed by atoms with E-state index in [9.17, 15) is 4.79 Å². The van der Waals surface area contributed by atoms with Crippen molar-refractivity contribution in [3.63, 3.8) is 0 Å². The number of unbranched alkanes of at least 4 members (excludes halogenated alkanes) is 2. The van der Waals surface area contributed by atoms with Crippen LogP contribution < -0.4 is 5.73 Å². The first-order valence-electron chi connectivity index (χ1n) is 8.21. The standard InChI is InChI=1S/C18H22N4O/c1-2-13(23)8-4-3-7-11-22-12-20-16-17(22)14-9-5-6-10-15(14)21-18(16)19/h5-6,9-10,12H,2-4,7-8,11H2,1H3,(H2,19,21). The van der Waals surface area contributed by atoms with Crippen LogP contribution in [0.25, 0.3) is 21.9 Å². The van der Waals surface area contributed by atoms with Crippen molar-refractivity contribution in [2.24, 2.45) is 0 Å². The Morgan fingerprint density at radius 2 is 2.04 bits per heavy atom. The molecule has 1 aromatic carbocycles. The molecule has 0 amide bonds. The van der Waals surface area contributed by atoms with Gasteiger partial charge in [0.15, 0.2) is 5.82 Å². The molecule has 3 aromatic rings. The van der Waals surface area contributed by atoms with E-state index in [4.69, 9.17) is 5.73 Å². The highest BCUT2D eigenvalue weighted by atomic mass is 16.1. The van der Waals surface area contributed by atoms with Gasteiger partial charge in [-0.1, -0.05) is 31.5 Å². The maximum Gasteiger partial charge on any atom is 0.152 e. The van der Waals surface area contributed by atoms with Gasteiger partial charge in [-0.15, -0.1) is 0 Å². The van der Waals surface area contributed by atoms with E-state index in [2.05, 4.69) is 20.6 Å². The van der Waals surface area contributed by atoms with E-state index in [0.29, 0.717) is 24.4 Å². The Kier molecular flexibility index (Phi) is 4.55. The van der Waals surface area contributed by atoms with Gasteiger partial charge in [0.25, 0.3) is 0 Å². The summed E-state index contributed by atoms with van der Waals surface area (Å²) in [5.41, 5.74) is 8.75. The Labute approximate surface area is 135 Å². The molecule has 5 nitrogen and oxygen atoms in total. The fraction of sp³-hybridized carbons (Fsp3) is 0.389. The van der Waals surface area contributed by atoms with Gasteiger partial charge in [-0.2, -0.15) is 0 Å². The molecule has 2 aromatic heterocycles. The number of benzene rings is 1. The number of para-hydroxylation sites is 1. The molecule has 0 aliphatic rings. The van der Waals surface area contributed by atoms with E-state index in [1.165, 1.54) is 0 Å². The third kappa shape index (κ3) is 3.18. The number of carbonyl (C=O) groups is 1. The molecule has 0 aliphatic heterocycles. The van der Waals surface area contributed by atoms with Crippen LogP contribution in [0, 0.1) is 0 Å². The summed E-state index contributed by atoms with van der Waals surface area (Å²) < 4.78 is 2.15. The number of aromatic nitrogens is 3. The number of nitrogens with two attached hydrogens (primary N) is 1. The minimum absolute atomic E-state index is 0.350. The lowest BCUT2D eigenvalue weighted by Gasteiger charge is -2.07. The summed E-state index contributed by atoms with van der Waals surface area (Å²) in [5.74, 6) is 0.828. The fourth-order valence-electron chi connectivity index (χ4n) is 2.93. The van der Waals surface area contributed by atoms with Crippen molar-refractivity contribution in [1.82, 2.24) is 14.5 Å². The highest BCUT2D eigenvalue weighted by Gasteiger charge is 2.11. The molecule has 2 N–H and O–H groups in total. The van der Waals surface area contributed by atoms with Crippen molar-refractivity contribution in [1.29, 1.82) is 0 Å². The second-order valence-corrected chi connectivity index (χ2v) is 5.85. The largest absolute Gasteiger partial charge is 0.382 e. The smallest absolute Gasteiger partial charge is 0.152 e. The van der Waals surface area contributed by atoms with Crippen LogP contribution >= 0.6 is 0 Å². The molecule has 2 heterocycles. The van der Waals surface area contributed by atoms with E-state index in [-0.39, 0.29) is 0 Å². The zero-order chi connectivity index (χ0) is 16.2. The van der Waals surface area contributed by atoms with Crippen molar-refractivity contribution in [3.8, 4) is 0 Å². The Morgan fingerprint density at radius 1 is 1.22 bits per heavy atom. The molecule has 23 heavy (non-hydrogen) atoms. The average Bonchev–Trinajstić information content (AvgIpc) is 2.99. The molecule has 0 saturated carbocycles. The highest BCUT2D eigenvalue weighted by Crippen LogP contribution is 2.27. The molecule has 0 bridgehead atoms. The summed E-state index contributed by atoms with van der Waals surface area (Å²) in [5, 5.41) is 1.08. The number of carbonyl (C=O) groups excluding carboxylic acids is 1. The van der Waals surface area contributed by atoms with Gasteiger partial charge in [-0.05, 0) is 18.9 Å². The molecule has 0 radical (unpaired) electrons. The van der Waals surface area contributed by atoms with Crippen LogP contribution in [-0.4, -0.2) is 20.3 Å². The van der Waals surface area contributed by atoms with Crippen molar-refractivity contribution in [3.05, 3.63) is 30.6 Å². The third-order valence-corrected chi connectivity index (χ3v) is 4.23. The fourth-order valence-corrected chi connectivity index (χ4v) is 2.93. The van der Waals surface area contributed by atoms with Crippen molar-refractivity contribution in [2.45, 2.75) is 45.6 Å². The van der Waals surface area contributed by atoms with Gasteiger partial charge < -0.3 is 10.3 Å². The maximum atomic E-state index is 11.3. The van der Waals surface area contributed by atoms with Gasteiger partial charge in [-0.3, -0.25) is 4.79 Å². The Balaban J connectivity index is 1.78. The molecule has 0 atom stereocenters. The first-order valence-corrected chi connectivity index (χ1v) is 8.21.